The number of ether oxygens (including phenoxy) is 2. The van der Waals surface area contributed by atoms with Crippen LogP contribution in [0.4, 0.5) is 0 Å². The van der Waals surface area contributed by atoms with E-state index in [1.807, 2.05) is 48.5 Å². The van der Waals surface area contributed by atoms with Gasteiger partial charge >= 0.3 is 0 Å². The molecular formula is C62H82N8O18. The van der Waals surface area contributed by atoms with E-state index in [4.69, 9.17) is 9.47 Å². The lowest BCUT2D eigenvalue weighted by Crippen LogP contribution is -2.64. The van der Waals surface area contributed by atoms with E-state index < -0.39 is 152 Å². The van der Waals surface area contributed by atoms with Crippen LogP contribution >= 0.6 is 0 Å². The number of hydrogen-bond donors (Lipinski definition) is 15. The minimum Gasteiger partial charge on any atom is -0.508 e. The number of aliphatic hydroxyl groups is 8. The summed E-state index contributed by atoms with van der Waals surface area (Å²) in [6.45, 7) is 4.88. The number of aliphatic hydroxyl groups excluding tert-OH is 8. The van der Waals surface area contributed by atoms with E-state index in [-0.39, 0.29) is 49.8 Å². The third-order valence-electron chi connectivity index (χ3n) is 15.9. The van der Waals surface area contributed by atoms with Gasteiger partial charge in [-0.3, -0.25) is 38.9 Å². The van der Waals surface area contributed by atoms with E-state index in [2.05, 4.69) is 38.8 Å². The van der Waals surface area contributed by atoms with Gasteiger partial charge in [0, 0.05) is 44.0 Å². The average molecular weight is 1230 g/mol. The molecule has 26 nitrogen and oxygen atoms in total. The highest BCUT2D eigenvalue weighted by molar-refractivity contribution is 6.00. The van der Waals surface area contributed by atoms with Crippen molar-refractivity contribution in [2.24, 2.45) is 5.92 Å². The Hall–Kier alpha value is -7.63. The number of phenols is 1. The van der Waals surface area contributed by atoms with Crippen LogP contribution in [0.1, 0.15) is 81.8 Å². The van der Waals surface area contributed by atoms with Crippen LogP contribution < -0.4 is 36.6 Å². The zero-order valence-corrected chi connectivity index (χ0v) is 49.5. The van der Waals surface area contributed by atoms with Gasteiger partial charge in [0.1, 0.15) is 66.1 Å². The van der Waals surface area contributed by atoms with Crippen LogP contribution in [0.2, 0.25) is 0 Å². The quantitative estimate of drug-likeness (QED) is 0.0456. The van der Waals surface area contributed by atoms with Crippen molar-refractivity contribution in [3.8, 4) is 33.8 Å². The molecule has 7 rings (SSSR count). The Balaban J connectivity index is 1.22. The van der Waals surface area contributed by atoms with Gasteiger partial charge in [0.15, 0.2) is 0 Å². The molecule has 0 radical (unpaired) electrons. The van der Waals surface area contributed by atoms with E-state index in [1.165, 1.54) is 31.2 Å². The summed E-state index contributed by atoms with van der Waals surface area (Å²) in [5.74, 6) is -8.35. The van der Waals surface area contributed by atoms with Crippen LogP contribution in [0.5, 0.6) is 11.5 Å². The van der Waals surface area contributed by atoms with Crippen molar-refractivity contribution in [3.63, 3.8) is 0 Å². The molecule has 0 aromatic heterocycles. The third kappa shape index (κ3) is 17.2. The molecule has 3 heterocycles. The number of nitrogens with one attached hydrogen (secondary N) is 6. The van der Waals surface area contributed by atoms with Gasteiger partial charge in [0.2, 0.25) is 35.4 Å². The molecule has 15 N–H and O–H groups in total. The predicted octanol–water partition coefficient (Wildman–Crippen LogP) is -1.32. The maximum Gasteiger partial charge on any atom is 0.251 e. The second-order valence-corrected chi connectivity index (χ2v) is 22.6. The van der Waals surface area contributed by atoms with Gasteiger partial charge in [-0.2, -0.15) is 0 Å². The summed E-state index contributed by atoms with van der Waals surface area (Å²) in [5, 5.41) is 115. The van der Waals surface area contributed by atoms with Crippen LogP contribution in [-0.2, 0) is 33.5 Å². The Morgan fingerprint density at radius 1 is 0.648 bits per heavy atom. The molecule has 0 spiro atoms. The van der Waals surface area contributed by atoms with Gasteiger partial charge in [0.05, 0.1) is 56.9 Å². The number of fused-ring (bicyclic) bond motifs is 2. The molecule has 478 valence electrons. The van der Waals surface area contributed by atoms with Crippen LogP contribution in [0.15, 0.2) is 97.1 Å². The standard InChI is InChI=1S/C62H82N8O18/c1-5-6-7-26-88-44-22-18-39(19-23-44)37-10-8-36(9-11-37)38-12-14-41(15-13-38)56(80)64-45-30-47(76)55(63-24-27-87-28-25-71)68-60(84)51-52(77)33(2)31-70(51)62(86)49(35(4)73)66-59(83)50(54(79)53(78)40-16-20-42(74)21-17-40)67-58(82)46-29-43(75)32-69(46)61(85)48(34(3)72)65-57(45)81/h8-23,33-35,43,45-55,63,71-79H,5-7,24-32H2,1-4H3,(H,64,80)(H,65,81)(H,66,83)(H,67,82)(H,68,84)/t33-,34+,35+,43+,45-,46?,47+,48?,49?,50?,51?,52-,53-,54-,55?/m0/s1. The Bertz CT molecular complexity index is 2990. The van der Waals surface area contributed by atoms with E-state index in [0.717, 1.165) is 83.0 Å². The van der Waals surface area contributed by atoms with Crippen molar-refractivity contribution in [1.29, 1.82) is 0 Å². The summed E-state index contributed by atoms with van der Waals surface area (Å²) < 4.78 is 11.2. The first-order valence-corrected chi connectivity index (χ1v) is 29.6. The molecule has 0 saturated carbocycles. The predicted molar refractivity (Wildman–Crippen MR) is 317 cm³/mol. The Labute approximate surface area is 509 Å². The van der Waals surface area contributed by atoms with Crippen molar-refractivity contribution in [1.82, 2.24) is 41.7 Å². The van der Waals surface area contributed by atoms with E-state index in [0.29, 0.717) is 6.61 Å². The van der Waals surface area contributed by atoms with E-state index in [9.17, 15) is 79.5 Å². The van der Waals surface area contributed by atoms with Gasteiger partial charge in [-0.05, 0) is 84.5 Å². The van der Waals surface area contributed by atoms with E-state index >= 15 is 0 Å². The second-order valence-electron chi connectivity index (χ2n) is 22.6. The summed E-state index contributed by atoms with van der Waals surface area (Å²) in [7, 11) is 0. The zero-order chi connectivity index (χ0) is 63.9. The minimum atomic E-state index is -2.30. The molecule has 7 amide bonds. The Morgan fingerprint density at radius 3 is 1.78 bits per heavy atom. The number of hydrogen-bond acceptors (Lipinski definition) is 19. The van der Waals surface area contributed by atoms with Gasteiger partial charge in [-0.25, -0.2) is 0 Å². The highest BCUT2D eigenvalue weighted by Gasteiger charge is 2.50. The van der Waals surface area contributed by atoms with Crippen LogP contribution in [0.3, 0.4) is 0 Å². The Kier molecular flexibility index (Phi) is 24.3. The SMILES string of the molecule is CCCCCOc1ccc(-c2ccc(-c3ccc(C(=O)N[C@H]4C[C@@H](O)C(NCCOCCO)NC(=O)C5[C@@H](O)[C@@H](C)CN5C(=O)C([C@@H](C)O)NC(=O)C([C@H](O)[C@@H](O)c5ccc(O)cc5)NC(=O)C5C[C@@H](O)CN5C(=O)C([C@@H](C)O)NC4=O)cc3)cc2)cc1. The number of carbonyl (C=O) groups is 7. The fourth-order valence-electron chi connectivity index (χ4n) is 10.9. The van der Waals surface area contributed by atoms with Gasteiger partial charge in [-0.15, -0.1) is 0 Å². The monoisotopic (exact) mass is 1230 g/mol. The van der Waals surface area contributed by atoms with Crippen molar-refractivity contribution in [3.05, 3.63) is 108 Å². The molecule has 0 bridgehead atoms. The van der Waals surface area contributed by atoms with Crippen molar-refractivity contribution < 1.29 is 89.0 Å². The fourth-order valence-corrected chi connectivity index (χ4v) is 10.9. The number of rotatable bonds is 20. The molecule has 3 aliphatic rings. The second kappa shape index (κ2) is 31.5. The van der Waals surface area contributed by atoms with Crippen LogP contribution in [-0.4, -0.2) is 222 Å². The highest BCUT2D eigenvalue weighted by atomic mass is 16.5. The first-order chi connectivity index (χ1) is 42.0. The number of unbranched alkanes of at least 4 members (excludes halogenated alkanes) is 2. The summed E-state index contributed by atoms with van der Waals surface area (Å²) in [6.07, 6.45) is -12.5. The lowest BCUT2D eigenvalue weighted by atomic mass is 9.96. The lowest BCUT2D eigenvalue weighted by molar-refractivity contribution is -0.148. The largest absolute Gasteiger partial charge is 0.508 e. The number of carbonyl (C=O) groups excluding carboxylic acids is 7. The molecule has 26 heteroatoms. The summed E-state index contributed by atoms with van der Waals surface area (Å²) >= 11 is 0. The molecule has 3 saturated heterocycles. The number of amides is 7. The average Bonchev–Trinajstić information content (AvgIpc) is 2.10. The third-order valence-corrected chi connectivity index (χ3v) is 15.9. The zero-order valence-electron chi connectivity index (χ0n) is 49.5. The highest BCUT2D eigenvalue weighted by Crippen LogP contribution is 2.30. The number of nitrogens with zero attached hydrogens (tertiary/aromatic N) is 2. The fraction of sp³-hybridized carbons (Fsp3) is 0.500. The topological polar surface area (TPSA) is 399 Å². The summed E-state index contributed by atoms with van der Waals surface area (Å²) in [4.78, 5) is 104. The van der Waals surface area contributed by atoms with Crippen LogP contribution in [0, 0.1) is 5.92 Å². The smallest absolute Gasteiger partial charge is 0.251 e. The molecule has 3 aliphatic heterocycles. The molecule has 0 aliphatic carbocycles. The first-order valence-electron chi connectivity index (χ1n) is 29.6. The van der Waals surface area contributed by atoms with Gasteiger partial charge < -0.3 is 91.8 Å². The summed E-state index contributed by atoms with van der Waals surface area (Å²) in [6, 6.07) is 15.1. The lowest BCUT2D eigenvalue weighted by Gasteiger charge is -2.34. The molecule has 6 unspecified atom stereocenters. The number of aromatic hydroxyl groups is 1. The number of phenolic OH excluding ortho intramolecular Hbond substituents is 1. The maximum atomic E-state index is 14.8. The molecule has 3 fully saturated rings. The van der Waals surface area contributed by atoms with Crippen LogP contribution in [0.25, 0.3) is 22.3 Å². The Morgan fingerprint density at radius 2 is 1.20 bits per heavy atom. The van der Waals surface area contributed by atoms with E-state index in [1.54, 1.807) is 12.1 Å². The van der Waals surface area contributed by atoms with Crippen molar-refractivity contribution >= 4 is 41.4 Å². The van der Waals surface area contributed by atoms with Gasteiger partial charge in [-0.1, -0.05) is 87.4 Å². The molecule has 4 aromatic carbocycles. The first kappa shape index (κ1) is 67.9. The van der Waals surface area contributed by atoms with Crippen molar-refractivity contribution in [2.75, 3.05) is 46.1 Å². The minimum absolute atomic E-state index is 0.0330. The van der Waals surface area contributed by atoms with Gasteiger partial charge in [0.25, 0.3) is 5.91 Å². The van der Waals surface area contributed by atoms with Crippen molar-refractivity contribution in [2.45, 2.75) is 145 Å². The maximum absolute atomic E-state index is 14.8. The molecular weight excluding hydrogens is 1140 g/mol. The number of benzene rings is 4. The molecule has 15 atom stereocenters. The normalized spacial score (nSPS) is 26.5. The summed E-state index contributed by atoms with van der Waals surface area (Å²) in [5.41, 5.74) is 3.42. The molecule has 4 aromatic rings. The molecule has 88 heavy (non-hydrogen) atoms.